The van der Waals surface area contributed by atoms with E-state index in [2.05, 4.69) is 55.5 Å². The molecule has 2 aromatic carbocycles. The van der Waals surface area contributed by atoms with Gasteiger partial charge in [-0.3, -0.25) is 14.5 Å². The SMILES string of the molecule is CNC(=O)c1ccc2c(c1)CN(C)[C@H](CNC(=O)C[C@H](c1ccccc1)C(C)(C)C)C2. The second kappa shape index (κ2) is 9.65. The molecule has 2 atom stereocenters. The summed E-state index contributed by atoms with van der Waals surface area (Å²) in [4.78, 5) is 27.0. The molecule has 1 heterocycles. The number of nitrogens with one attached hydrogen (secondary N) is 2. The number of likely N-dealkylation sites (N-methyl/N-ethyl adjacent to an activating group) is 1. The van der Waals surface area contributed by atoms with Crippen LogP contribution in [0.3, 0.4) is 0 Å². The zero-order valence-corrected chi connectivity index (χ0v) is 19.4. The van der Waals surface area contributed by atoms with Crippen molar-refractivity contribution in [1.82, 2.24) is 15.5 Å². The first-order chi connectivity index (χ1) is 14.7. The number of hydrogen-bond donors (Lipinski definition) is 2. The molecule has 0 radical (unpaired) electrons. The van der Waals surface area contributed by atoms with E-state index in [-0.39, 0.29) is 29.2 Å². The van der Waals surface area contributed by atoms with Crippen LogP contribution >= 0.6 is 0 Å². The number of benzene rings is 2. The molecule has 0 spiro atoms. The number of fused-ring (bicyclic) bond motifs is 1. The van der Waals surface area contributed by atoms with Gasteiger partial charge < -0.3 is 10.6 Å². The van der Waals surface area contributed by atoms with Gasteiger partial charge in [-0.2, -0.15) is 0 Å². The smallest absolute Gasteiger partial charge is 0.251 e. The van der Waals surface area contributed by atoms with Gasteiger partial charge in [0.05, 0.1) is 0 Å². The van der Waals surface area contributed by atoms with Gasteiger partial charge in [0.1, 0.15) is 0 Å². The molecule has 2 amide bonds. The summed E-state index contributed by atoms with van der Waals surface area (Å²) in [6.45, 7) is 7.97. The highest BCUT2D eigenvalue weighted by Gasteiger charge is 2.29. The molecule has 31 heavy (non-hydrogen) atoms. The third kappa shape index (κ3) is 5.73. The van der Waals surface area contributed by atoms with Crippen molar-refractivity contribution in [3.63, 3.8) is 0 Å². The predicted octanol–water partition coefficient (Wildman–Crippen LogP) is 3.74. The quantitative estimate of drug-likeness (QED) is 0.747. The molecule has 1 aliphatic rings. The Morgan fingerprint density at radius 3 is 2.45 bits per heavy atom. The van der Waals surface area contributed by atoms with Gasteiger partial charge in [0.15, 0.2) is 0 Å². The van der Waals surface area contributed by atoms with Crippen molar-refractivity contribution >= 4 is 11.8 Å². The van der Waals surface area contributed by atoms with Crippen LogP contribution in [-0.2, 0) is 17.8 Å². The second-order valence-corrected chi connectivity index (χ2v) is 9.67. The third-order valence-electron chi connectivity index (χ3n) is 6.37. The third-order valence-corrected chi connectivity index (χ3v) is 6.37. The molecule has 1 aliphatic heterocycles. The second-order valence-electron chi connectivity index (χ2n) is 9.67. The maximum atomic E-state index is 12.8. The van der Waals surface area contributed by atoms with Crippen molar-refractivity contribution in [3.05, 3.63) is 70.8 Å². The lowest BCUT2D eigenvalue weighted by molar-refractivity contribution is -0.122. The van der Waals surface area contributed by atoms with E-state index in [0.29, 0.717) is 18.5 Å². The Balaban J connectivity index is 1.62. The first-order valence-corrected chi connectivity index (χ1v) is 11.0. The fourth-order valence-electron chi connectivity index (χ4n) is 4.39. The first-order valence-electron chi connectivity index (χ1n) is 11.0. The predicted molar refractivity (Wildman–Crippen MR) is 125 cm³/mol. The zero-order chi connectivity index (χ0) is 22.6. The van der Waals surface area contributed by atoms with Gasteiger partial charge in [0.2, 0.25) is 5.91 Å². The van der Waals surface area contributed by atoms with Gasteiger partial charge in [0, 0.05) is 38.2 Å². The van der Waals surface area contributed by atoms with Gasteiger partial charge in [-0.1, -0.05) is 57.2 Å². The van der Waals surface area contributed by atoms with Crippen LogP contribution in [0.2, 0.25) is 0 Å². The van der Waals surface area contributed by atoms with Crippen LogP contribution in [0.5, 0.6) is 0 Å². The first kappa shape index (κ1) is 23.0. The van der Waals surface area contributed by atoms with Crippen LogP contribution in [-0.4, -0.2) is 43.4 Å². The summed E-state index contributed by atoms with van der Waals surface area (Å²) in [7, 11) is 3.73. The van der Waals surface area contributed by atoms with Crippen LogP contribution in [0.4, 0.5) is 0 Å². The minimum Gasteiger partial charge on any atom is -0.355 e. The van der Waals surface area contributed by atoms with Gasteiger partial charge in [-0.25, -0.2) is 0 Å². The van der Waals surface area contributed by atoms with Gasteiger partial charge in [-0.05, 0) is 53.6 Å². The largest absolute Gasteiger partial charge is 0.355 e. The Morgan fingerprint density at radius 1 is 1.10 bits per heavy atom. The molecular weight excluding hydrogens is 386 g/mol. The molecule has 0 aliphatic carbocycles. The van der Waals surface area contributed by atoms with E-state index in [0.717, 1.165) is 13.0 Å². The highest BCUT2D eigenvalue weighted by atomic mass is 16.2. The molecule has 0 saturated carbocycles. The maximum absolute atomic E-state index is 12.8. The average Bonchev–Trinajstić information content (AvgIpc) is 2.74. The monoisotopic (exact) mass is 421 g/mol. The van der Waals surface area contributed by atoms with Crippen molar-refractivity contribution < 1.29 is 9.59 Å². The summed E-state index contributed by atoms with van der Waals surface area (Å²) >= 11 is 0. The number of carbonyl (C=O) groups is 2. The number of hydrogen-bond acceptors (Lipinski definition) is 3. The Kier molecular flexibility index (Phi) is 7.16. The molecule has 0 fully saturated rings. The molecule has 3 rings (SSSR count). The Hall–Kier alpha value is -2.66. The van der Waals surface area contributed by atoms with E-state index in [1.807, 2.05) is 36.4 Å². The van der Waals surface area contributed by atoms with Crippen molar-refractivity contribution in [2.24, 2.45) is 5.41 Å². The van der Waals surface area contributed by atoms with Crippen LogP contribution in [0.25, 0.3) is 0 Å². The molecule has 2 aromatic rings. The van der Waals surface area contributed by atoms with Crippen LogP contribution in [0.1, 0.15) is 60.2 Å². The highest BCUT2D eigenvalue weighted by molar-refractivity contribution is 5.94. The molecule has 5 nitrogen and oxygen atoms in total. The van der Waals surface area contributed by atoms with Crippen LogP contribution in [0.15, 0.2) is 48.5 Å². The number of nitrogens with zero attached hydrogens (tertiary/aromatic N) is 1. The molecule has 0 unspecified atom stereocenters. The van der Waals surface area contributed by atoms with Crippen molar-refractivity contribution in [3.8, 4) is 0 Å². The van der Waals surface area contributed by atoms with Crippen molar-refractivity contribution in [2.75, 3.05) is 20.6 Å². The lowest BCUT2D eigenvalue weighted by atomic mass is 9.74. The minimum atomic E-state index is -0.0633. The molecule has 5 heteroatoms. The summed E-state index contributed by atoms with van der Waals surface area (Å²) in [5, 5.41) is 5.86. The van der Waals surface area contributed by atoms with E-state index in [1.165, 1.54) is 16.7 Å². The maximum Gasteiger partial charge on any atom is 0.251 e. The van der Waals surface area contributed by atoms with Gasteiger partial charge in [0.25, 0.3) is 5.91 Å². The number of carbonyl (C=O) groups excluding carboxylic acids is 2. The van der Waals surface area contributed by atoms with Gasteiger partial charge in [-0.15, -0.1) is 0 Å². The summed E-state index contributed by atoms with van der Waals surface area (Å²) in [6.07, 6.45) is 1.34. The summed E-state index contributed by atoms with van der Waals surface area (Å²) in [5.74, 6) is 0.200. The van der Waals surface area contributed by atoms with Crippen LogP contribution in [0, 0.1) is 5.41 Å². The summed E-state index contributed by atoms with van der Waals surface area (Å²) < 4.78 is 0. The topological polar surface area (TPSA) is 61.4 Å². The molecular formula is C26H35N3O2. The fourth-order valence-corrected chi connectivity index (χ4v) is 4.39. The Morgan fingerprint density at radius 2 is 1.81 bits per heavy atom. The molecule has 0 saturated heterocycles. The lowest BCUT2D eigenvalue weighted by Gasteiger charge is -2.35. The minimum absolute atomic E-state index is 0.00174. The van der Waals surface area contributed by atoms with E-state index in [4.69, 9.17) is 0 Å². The molecule has 0 aromatic heterocycles. The summed E-state index contributed by atoms with van der Waals surface area (Å²) in [5.41, 5.74) is 4.34. The molecule has 166 valence electrons. The molecule has 2 N–H and O–H groups in total. The van der Waals surface area contributed by atoms with E-state index in [1.54, 1.807) is 7.05 Å². The van der Waals surface area contributed by atoms with E-state index < -0.39 is 0 Å². The highest BCUT2D eigenvalue weighted by Crippen LogP contribution is 2.37. The average molecular weight is 422 g/mol. The Labute approximate surface area is 186 Å². The standard InChI is InChI=1S/C26H35N3O2/c1-26(2,3)23(18-9-7-6-8-10-18)15-24(30)28-16-22-14-19-11-12-20(25(31)27-4)13-21(19)17-29(22)5/h6-13,22-23H,14-17H2,1-5H3,(H,27,31)(H,28,30)/t22-,23+/m0/s1. The lowest BCUT2D eigenvalue weighted by Crippen LogP contribution is -2.46. The Bertz CT molecular complexity index is 918. The zero-order valence-electron chi connectivity index (χ0n) is 19.4. The van der Waals surface area contributed by atoms with Crippen molar-refractivity contribution in [2.45, 2.75) is 52.1 Å². The fraction of sp³-hybridized carbons (Fsp3) is 0.462. The van der Waals surface area contributed by atoms with E-state index >= 15 is 0 Å². The van der Waals surface area contributed by atoms with Crippen LogP contribution < -0.4 is 10.6 Å². The number of amides is 2. The number of rotatable bonds is 6. The normalized spacial score (nSPS) is 17.5. The summed E-state index contributed by atoms with van der Waals surface area (Å²) in [6, 6.07) is 16.5. The van der Waals surface area contributed by atoms with E-state index in [9.17, 15) is 9.59 Å². The van der Waals surface area contributed by atoms with Gasteiger partial charge >= 0.3 is 0 Å². The van der Waals surface area contributed by atoms with Crippen molar-refractivity contribution in [1.29, 1.82) is 0 Å². The molecule has 0 bridgehead atoms.